The zero-order chi connectivity index (χ0) is 15.7. The minimum atomic E-state index is -0.770. The summed E-state index contributed by atoms with van der Waals surface area (Å²) in [5, 5.41) is 11.5. The van der Waals surface area contributed by atoms with E-state index in [-0.39, 0.29) is 12.3 Å². The number of carbonyl (C=O) groups is 2. The predicted molar refractivity (Wildman–Crippen MR) is 80.6 cm³/mol. The molecule has 1 aromatic rings. The number of nitrogens with one attached hydrogen (secondary N) is 1. The van der Waals surface area contributed by atoms with Gasteiger partial charge in [0.05, 0.1) is 7.11 Å². The van der Waals surface area contributed by atoms with Crippen LogP contribution in [0.2, 0.25) is 0 Å². The molecule has 5 nitrogen and oxygen atoms in total. The number of hydrogen-bond acceptors (Lipinski definition) is 3. The molecule has 0 bridgehead atoms. The van der Waals surface area contributed by atoms with Crippen molar-refractivity contribution in [3.63, 3.8) is 0 Å². The predicted octanol–water partition coefficient (Wildman–Crippen LogP) is 2.71. The van der Waals surface area contributed by atoms with Crippen molar-refractivity contribution in [3.8, 4) is 5.75 Å². The summed E-state index contributed by atoms with van der Waals surface area (Å²) in [4.78, 5) is 22.6. The van der Waals surface area contributed by atoms with Crippen LogP contribution in [0, 0.1) is 5.92 Å². The maximum atomic E-state index is 12.0. The van der Waals surface area contributed by atoms with E-state index in [2.05, 4.69) is 5.32 Å². The van der Waals surface area contributed by atoms with E-state index >= 15 is 0 Å². The molecular weight excluding hydrogens is 270 g/mol. The van der Waals surface area contributed by atoms with Gasteiger partial charge in [-0.1, -0.05) is 19.4 Å². The van der Waals surface area contributed by atoms with Crippen LogP contribution >= 0.6 is 0 Å². The van der Waals surface area contributed by atoms with Gasteiger partial charge in [-0.25, -0.2) is 0 Å². The summed E-state index contributed by atoms with van der Waals surface area (Å²) in [6, 6.07) is 6.99. The van der Waals surface area contributed by atoms with E-state index in [4.69, 9.17) is 9.84 Å². The molecule has 1 aromatic carbocycles. The van der Waals surface area contributed by atoms with E-state index in [0.29, 0.717) is 30.2 Å². The average Bonchev–Trinajstić information content (AvgIpc) is 2.50. The molecule has 1 unspecified atom stereocenters. The maximum absolute atomic E-state index is 12.0. The Morgan fingerprint density at radius 3 is 2.71 bits per heavy atom. The van der Waals surface area contributed by atoms with Gasteiger partial charge in [0.15, 0.2) is 0 Å². The second-order valence-electron chi connectivity index (χ2n) is 4.98. The summed E-state index contributed by atoms with van der Waals surface area (Å²) in [5.41, 5.74) is 0.563. The molecule has 0 fully saturated rings. The van der Waals surface area contributed by atoms with Crippen LogP contribution < -0.4 is 10.1 Å². The highest BCUT2D eigenvalue weighted by Crippen LogP contribution is 2.15. The Morgan fingerprint density at radius 2 is 2.10 bits per heavy atom. The van der Waals surface area contributed by atoms with Gasteiger partial charge in [-0.3, -0.25) is 9.59 Å². The lowest BCUT2D eigenvalue weighted by molar-refractivity contribution is -0.137. The lowest BCUT2D eigenvalue weighted by atomic mass is 9.96. The normalized spacial score (nSPS) is 11.7. The number of rotatable bonds is 9. The molecule has 116 valence electrons. The molecule has 1 amide bonds. The van der Waals surface area contributed by atoms with Gasteiger partial charge in [-0.2, -0.15) is 0 Å². The SMILES string of the molecule is CCC(CCNC(=O)c1cccc(OC)c1)CCC(=O)O. The van der Waals surface area contributed by atoms with Crippen molar-refractivity contribution in [1.29, 1.82) is 0 Å². The monoisotopic (exact) mass is 293 g/mol. The third kappa shape index (κ3) is 6.29. The number of ether oxygens (including phenoxy) is 1. The molecule has 0 aliphatic carbocycles. The standard InChI is InChI=1S/C16H23NO4/c1-3-12(7-8-15(18)19)9-10-17-16(20)13-5-4-6-14(11-13)21-2/h4-6,11-12H,3,7-10H2,1-2H3,(H,17,20)(H,18,19). The highest BCUT2D eigenvalue weighted by Gasteiger charge is 2.11. The molecule has 0 aliphatic rings. The highest BCUT2D eigenvalue weighted by atomic mass is 16.5. The largest absolute Gasteiger partial charge is 0.497 e. The Balaban J connectivity index is 2.39. The van der Waals surface area contributed by atoms with Crippen LogP contribution in [-0.4, -0.2) is 30.6 Å². The van der Waals surface area contributed by atoms with Crippen LogP contribution in [0.4, 0.5) is 0 Å². The van der Waals surface area contributed by atoms with E-state index in [0.717, 1.165) is 12.8 Å². The van der Waals surface area contributed by atoms with Gasteiger partial charge in [-0.15, -0.1) is 0 Å². The molecule has 2 N–H and O–H groups in total. The molecule has 0 radical (unpaired) electrons. The van der Waals surface area contributed by atoms with Crippen LogP contribution in [0.1, 0.15) is 43.0 Å². The lowest BCUT2D eigenvalue weighted by Crippen LogP contribution is -2.26. The number of benzene rings is 1. The third-order valence-electron chi connectivity index (χ3n) is 3.51. The van der Waals surface area contributed by atoms with Crippen molar-refractivity contribution in [2.24, 2.45) is 5.92 Å². The zero-order valence-corrected chi connectivity index (χ0v) is 12.6. The Kier molecular flexibility index (Phi) is 7.29. The van der Waals surface area contributed by atoms with Crippen LogP contribution in [0.25, 0.3) is 0 Å². The molecule has 5 heteroatoms. The summed E-state index contributed by atoms with van der Waals surface area (Å²) in [5.74, 6) is 0.0677. The Labute approximate surface area is 125 Å². The molecule has 1 atom stereocenters. The molecule has 1 rings (SSSR count). The summed E-state index contributed by atoms with van der Waals surface area (Å²) < 4.78 is 5.08. The second kappa shape index (κ2) is 9.00. The van der Waals surface area contributed by atoms with E-state index in [9.17, 15) is 9.59 Å². The third-order valence-corrected chi connectivity index (χ3v) is 3.51. The van der Waals surface area contributed by atoms with Crippen molar-refractivity contribution in [1.82, 2.24) is 5.32 Å². The van der Waals surface area contributed by atoms with Gasteiger partial charge in [0, 0.05) is 18.5 Å². The van der Waals surface area contributed by atoms with Gasteiger partial charge < -0.3 is 15.2 Å². The fourth-order valence-corrected chi connectivity index (χ4v) is 2.14. The van der Waals surface area contributed by atoms with Gasteiger partial charge in [0.25, 0.3) is 5.91 Å². The fourth-order valence-electron chi connectivity index (χ4n) is 2.14. The number of carbonyl (C=O) groups excluding carboxylic acids is 1. The molecule has 0 aliphatic heterocycles. The summed E-state index contributed by atoms with van der Waals surface area (Å²) in [7, 11) is 1.56. The highest BCUT2D eigenvalue weighted by molar-refractivity contribution is 5.94. The topological polar surface area (TPSA) is 75.6 Å². The van der Waals surface area contributed by atoms with Crippen molar-refractivity contribution in [2.45, 2.75) is 32.6 Å². The quantitative estimate of drug-likeness (QED) is 0.734. The summed E-state index contributed by atoms with van der Waals surface area (Å²) in [6.45, 7) is 2.59. The van der Waals surface area contributed by atoms with E-state index < -0.39 is 5.97 Å². The molecule has 0 heterocycles. The second-order valence-corrected chi connectivity index (χ2v) is 4.98. The minimum Gasteiger partial charge on any atom is -0.497 e. The smallest absolute Gasteiger partial charge is 0.303 e. The molecular formula is C16H23NO4. The lowest BCUT2D eigenvalue weighted by Gasteiger charge is -2.14. The van der Waals surface area contributed by atoms with E-state index in [1.807, 2.05) is 6.92 Å². The van der Waals surface area contributed by atoms with E-state index in [1.165, 1.54) is 0 Å². The van der Waals surface area contributed by atoms with Crippen LogP contribution in [0.3, 0.4) is 0 Å². The first kappa shape index (κ1) is 17.0. The number of hydrogen-bond donors (Lipinski definition) is 2. The van der Waals surface area contributed by atoms with Gasteiger partial charge in [0.1, 0.15) is 5.75 Å². The molecule has 0 aromatic heterocycles. The first-order chi connectivity index (χ1) is 10.1. The van der Waals surface area contributed by atoms with Gasteiger partial charge >= 0.3 is 5.97 Å². The Morgan fingerprint density at radius 1 is 1.33 bits per heavy atom. The average molecular weight is 293 g/mol. The first-order valence-corrected chi connectivity index (χ1v) is 7.20. The number of aliphatic carboxylic acids is 1. The summed E-state index contributed by atoms with van der Waals surface area (Å²) >= 11 is 0. The number of carboxylic acid groups (broad SMARTS) is 1. The molecule has 0 saturated carbocycles. The van der Waals surface area contributed by atoms with Crippen molar-refractivity contribution in [3.05, 3.63) is 29.8 Å². The fraction of sp³-hybridized carbons (Fsp3) is 0.500. The van der Waals surface area contributed by atoms with Crippen LogP contribution in [0.15, 0.2) is 24.3 Å². The number of methoxy groups -OCH3 is 1. The van der Waals surface area contributed by atoms with Crippen LogP contribution in [-0.2, 0) is 4.79 Å². The van der Waals surface area contributed by atoms with Gasteiger partial charge in [0.2, 0.25) is 0 Å². The van der Waals surface area contributed by atoms with Crippen molar-refractivity contribution >= 4 is 11.9 Å². The molecule has 0 saturated heterocycles. The van der Waals surface area contributed by atoms with Gasteiger partial charge in [-0.05, 0) is 37.0 Å². The zero-order valence-electron chi connectivity index (χ0n) is 12.6. The first-order valence-electron chi connectivity index (χ1n) is 7.20. The van der Waals surface area contributed by atoms with Crippen molar-refractivity contribution in [2.75, 3.05) is 13.7 Å². The number of carboxylic acids is 1. The number of amides is 1. The van der Waals surface area contributed by atoms with Crippen LogP contribution in [0.5, 0.6) is 5.75 Å². The maximum Gasteiger partial charge on any atom is 0.303 e. The molecule has 21 heavy (non-hydrogen) atoms. The summed E-state index contributed by atoms with van der Waals surface area (Å²) in [6.07, 6.45) is 2.55. The molecule has 0 spiro atoms. The Hall–Kier alpha value is -2.04. The van der Waals surface area contributed by atoms with Crippen molar-refractivity contribution < 1.29 is 19.4 Å². The Bertz CT molecular complexity index is 473. The van der Waals surface area contributed by atoms with E-state index in [1.54, 1.807) is 31.4 Å². The minimum absolute atomic E-state index is 0.137.